The molecule has 162 valence electrons. The Kier molecular flexibility index (Phi) is 6.83. The molecule has 3 rings (SSSR count). The fourth-order valence-corrected chi connectivity index (χ4v) is 3.81. The van der Waals surface area contributed by atoms with Crippen molar-refractivity contribution in [1.82, 2.24) is 5.32 Å². The summed E-state index contributed by atoms with van der Waals surface area (Å²) >= 11 is 5.87. The van der Waals surface area contributed by atoms with E-state index in [4.69, 9.17) is 16.0 Å². The van der Waals surface area contributed by atoms with Crippen LogP contribution in [0.3, 0.4) is 0 Å². The van der Waals surface area contributed by atoms with Crippen LogP contribution < -0.4 is 15.4 Å². The smallest absolute Gasteiger partial charge is 0.261 e. The second kappa shape index (κ2) is 9.54. The summed E-state index contributed by atoms with van der Waals surface area (Å²) in [4.78, 5) is 23.8. The average Bonchev–Trinajstić information content (AvgIpc) is 3.24. The number of hydrogen-bond donors (Lipinski definition) is 4. The average molecular weight is 464 g/mol. The molecule has 0 aliphatic carbocycles. The SMILES string of the molecule is O=C(CCNC(=O)c1ccoc1)Nc1cc(S(=O)(=O)Nc2cccc(Cl)c2)ccc1O. The largest absolute Gasteiger partial charge is 0.506 e. The van der Waals surface area contributed by atoms with Crippen LogP contribution in [-0.2, 0) is 14.8 Å². The highest BCUT2D eigenvalue weighted by atomic mass is 35.5. The van der Waals surface area contributed by atoms with Gasteiger partial charge in [-0.2, -0.15) is 0 Å². The number of aromatic hydroxyl groups is 1. The van der Waals surface area contributed by atoms with E-state index >= 15 is 0 Å². The van der Waals surface area contributed by atoms with Gasteiger partial charge in [-0.25, -0.2) is 8.42 Å². The highest BCUT2D eigenvalue weighted by Gasteiger charge is 2.18. The molecule has 0 radical (unpaired) electrons. The number of benzene rings is 2. The number of phenolic OH excluding ortho intramolecular Hbond substituents is 1. The second-order valence-corrected chi connectivity index (χ2v) is 8.48. The van der Waals surface area contributed by atoms with Crippen LogP contribution >= 0.6 is 11.6 Å². The maximum absolute atomic E-state index is 12.6. The molecule has 1 heterocycles. The van der Waals surface area contributed by atoms with Crippen molar-refractivity contribution in [2.24, 2.45) is 0 Å². The topological polar surface area (TPSA) is 138 Å². The zero-order valence-corrected chi connectivity index (χ0v) is 17.5. The van der Waals surface area contributed by atoms with Crippen molar-refractivity contribution in [3.8, 4) is 5.75 Å². The second-order valence-electron chi connectivity index (χ2n) is 6.36. The molecule has 0 saturated heterocycles. The van der Waals surface area contributed by atoms with Gasteiger partial charge in [0.15, 0.2) is 0 Å². The lowest BCUT2D eigenvalue weighted by Crippen LogP contribution is -2.27. The number of rotatable bonds is 8. The number of anilines is 2. The molecular formula is C20H18ClN3O6S. The van der Waals surface area contributed by atoms with Gasteiger partial charge in [0.25, 0.3) is 15.9 Å². The molecule has 2 amide bonds. The first kappa shape index (κ1) is 22.2. The number of amides is 2. The highest BCUT2D eigenvalue weighted by molar-refractivity contribution is 7.92. The molecule has 0 spiro atoms. The third-order valence-corrected chi connectivity index (χ3v) is 5.66. The van der Waals surface area contributed by atoms with Crippen LogP contribution in [0, 0.1) is 0 Å². The van der Waals surface area contributed by atoms with E-state index in [1.807, 2.05) is 0 Å². The fourth-order valence-electron chi connectivity index (χ4n) is 2.55. The van der Waals surface area contributed by atoms with Crippen LogP contribution in [0.5, 0.6) is 5.75 Å². The summed E-state index contributed by atoms with van der Waals surface area (Å²) in [6.07, 6.45) is 2.53. The van der Waals surface area contributed by atoms with E-state index in [9.17, 15) is 23.1 Å². The molecular weight excluding hydrogens is 446 g/mol. The summed E-state index contributed by atoms with van der Waals surface area (Å²) in [5.74, 6) is -1.23. The fraction of sp³-hybridized carbons (Fsp3) is 0.100. The summed E-state index contributed by atoms with van der Waals surface area (Å²) in [6, 6.07) is 11.1. The van der Waals surface area contributed by atoms with E-state index in [-0.39, 0.29) is 35.0 Å². The van der Waals surface area contributed by atoms with Gasteiger partial charge < -0.3 is 20.2 Å². The van der Waals surface area contributed by atoms with Gasteiger partial charge >= 0.3 is 0 Å². The van der Waals surface area contributed by atoms with Gasteiger partial charge in [-0.05, 0) is 42.5 Å². The number of carbonyl (C=O) groups is 2. The summed E-state index contributed by atoms with van der Waals surface area (Å²) in [7, 11) is -4.00. The Bertz CT molecular complexity index is 1200. The van der Waals surface area contributed by atoms with Crippen molar-refractivity contribution in [3.63, 3.8) is 0 Å². The van der Waals surface area contributed by atoms with E-state index in [0.29, 0.717) is 10.6 Å². The maximum Gasteiger partial charge on any atom is 0.261 e. The first-order valence-corrected chi connectivity index (χ1v) is 10.8. The molecule has 11 heteroatoms. The van der Waals surface area contributed by atoms with E-state index < -0.39 is 21.8 Å². The molecule has 1 aromatic heterocycles. The summed E-state index contributed by atoms with van der Waals surface area (Å²) in [5, 5.41) is 15.3. The van der Waals surface area contributed by atoms with Gasteiger partial charge in [0.2, 0.25) is 5.91 Å². The third-order valence-electron chi connectivity index (χ3n) is 4.05. The number of phenols is 1. The number of furan rings is 1. The van der Waals surface area contributed by atoms with Crippen molar-refractivity contribution in [1.29, 1.82) is 0 Å². The monoisotopic (exact) mass is 463 g/mol. The Labute approximate surface area is 183 Å². The maximum atomic E-state index is 12.6. The molecule has 0 aliphatic heterocycles. The van der Waals surface area contributed by atoms with Gasteiger partial charge in [-0.3, -0.25) is 14.3 Å². The normalized spacial score (nSPS) is 11.0. The minimum Gasteiger partial charge on any atom is -0.506 e. The molecule has 31 heavy (non-hydrogen) atoms. The molecule has 2 aromatic carbocycles. The molecule has 0 fully saturated rings. The van der Waals surface area contributed by atoms with Gasteiger partial charge in [0.05, 0.1) is 28.1 Å². The van der Waals surface area contributed by atoms with Gasteiger partial charge in [-0.15, -0.1) is 0 Å². The van der Waals surface area contributed by atoms with Crippen molar-refractivity contribution >= 4 is 44.8 Å². The third kappa shape index (κ3) is 6.00. The minimum absolute atomic E-state index is 0.0327. The molecule has 0 aliphatic rings. The van der Waals surface area contributed by atoms with Crippen LogP contribution in [0.4, 0.5) is 11.4 Å². The number of carbonyl (C=O) groups excluding carboxylic acids is 2. The number of hydrogen-bond acceptors (Lipinski definition) is 6. The van der Waals surface area contributed by atoms with Crippen molar-refractivity contribution in [2.75, 3.05) is 16.6 Å². The predicted octanol–water partition coefficient (Wildman–Crippen LogP) is 3.20. The van der Waals surface area contributed by atoms with Crippen LogP contribution in [-0.4, -0.2) is 31.9 Å². The summed E-state index contributed by atoms with van der Waals surface area (Å²) in [5.41, 5.74) is 0.503. The lowest BCUT2D eigenvalue weighted by molar-refractivity contribution is -0.116. The van der Waals surface area contributed by atoms with E-state index in [1.165, 1.54) is 36.8 Å². The first-order valence-electron chi connectivity index (χ1n) is 8.96. The Morgan fingerprint density at radius 3 is 2.61 bits per heavy atom. The molecule has 0 atom stereocenters. The minimum atomic E-state index is -4.00. The molecule has 0 bridgehead atoms. The summed E-state index contributed by atoms with van der Waals surface area (Å²) < 4.78 is 32.4. The molecule has 9 nitrogen and oxygen atoms in total. The molecule has 4 N–H and O–H groups in total. The van der Waals surface area contributed by atoms with Crippen LogP contribution in [0.1, 0.15) is 16.8 Å². The van der Waals surface area contributed by atoms with Gasteiger partial charge in [-0.1, -0.05) is 17.7 Å². The first-order chi connectivity index (χ1) is 14.7. The highest BCUT2D eigenvalue weighted by Crippen LogP contribution is 2.28. The summed E-state index contributed by atoms with van der Waals surface area (Å²) in [6.45, 7) is 0.0327. The van der Waals surface area contributed by atoms with Crippen molar-refractivity contribution in [3.05, 3.63) is 71.6 Å². The zero-order chi connectivity index (χ0) is 22.4. The van der Waals surface area contributed by atoms with Crippen molar-refractivity contribution < 1.29 is 27.5 Å². The Hall–Kier alpha value is -3.50. The number of sulfonamides is 1. The lowest BCUT2D eigenvalue weighted by Gasteiger charge is -2.12. The Balaban J connectivity index is 1.63. The number of nitrogens with one attached hydrogen (secondary N) is 3. The van der Waals surface area contributed by atoms with E-state index in [2.05, 4.69) is 15.4 Å². The van der Waals surface area contributed by atoms with Crippen molar-refractivity contribution in [2.45, 2.75) is 11.3 Å². The lowest BCUT2D eigenvalue weighted by atomic mass is 10.2. The van der Waals surface area contributed by atoms with E-state index in [1.54, 1.807) is 12.1 Å². The standard InChI is InChI=1S/C20H18ClN3O6S/c21-14-2-1-3-15(10-14)24-31(28,29)16-4-5-18(25)17(11-16)23-19(26)6-8-22-20(27)13-7-9-30-12-13/h1-5,7,9-12,24-25H,6,8H2,(H,22,27)(H,23,26). The Morgan fingerprint density at radius 1 is 1.10 bits per heavy atom. The van der Waals surface area contributed by atoms with Gasteiger partial charge in [0.1, 0.15) is 12.0 Å². The molecule has 0 saturated carbocycles. The van der Waals surface area contributed by atoms with E-state index in [0.717, 1.165) is 12.1 Å². The quantitative estimate of drug-likeness (QED) is 0.378. The number of halogens is 1. The van der Waals surface area contributed by atoms with Crippen LogP contribution in [0.15, 0.2) is 70.4 Å². The predicted molar refractivity (Wildman–Crippen MR) is 115 cm³/mol. The molecule has 0 unspecified atom stereocenters. The Morgan fingerprint density at radius 2 is 1.90 bits per heavy atom. The zero-order valence-electron chi connectivity index (χ0n) is 16.0. The van der Waals surface area contributed by atoms with Crippen LogP contribution in [0.2, 0.25) is 5.02 Å². The van der Waals surface area contributed by atoms with Crippen LogP contribution in [0.25, 0.3) is 0 Å². The molecule has 3 aromatic rings. The van der Waals surface area contributed by atoms with Gasteiger partial charge in [0, 0.05) is 18.0 Å².